The number of carbonyl (C=O) groups is 2. The molecule has 2 aromatic rings. The summed E-state index contributed by atoms with van der Waals surface area (Å²) in [6, 6.07) is 17.6. The van der Waals surface area contributed by atoms with Crippen LogP contribution in [-0.4, -0.2) is 53.9 Å². The van der Waals surface area contributed by atoms with E-state index in [1.807, 2.05) is 35.2 Å². The second-order valence-electron chi connectivity index (χ2n) is 6.94. The highest BCUT2D eigenvalue weighted by Crippen LogP contribution is 2.29. The maximum Gasteiger partial charge on any atom is 0.266 e. The van der Waals surface area contributed by atoms with Crippen LogP contribution in [0.5, 0.6) is 5.75 Å². The van der Waals surface area contributed by atoms with Crippen molar-refractivity contribution in [2.75, 3.05) is 31.5 Å². The lowest BCUT2D eigenvalue weighted by Gasteiger charge is -2.35. The van der Waals surface area contributed by atoms with Crippen molar-refractivity contribution >= 4 is 17.5 Å². The van der Waals surface area contributed by atoms with Crippen LogP contribution in [0.3, 0.4) is 0 Å². The summed E-state index contributed by atoms with van der Waals surface area (Å²) in [6.07, 6.45) is -0.700. The second kappa shape index (κ2) is 7.80. The van der Waals surface area contributed by atoms with Gasteiger partial charge in [-0.15, -0.1) is 0 Å². The van der Waals surface area contributed by atoms with Gasteiger partial charge in [-0.2, -0.15) is 0 Å². The summed E-state index contributed by atoms with van der Waals surface area (Å²) in [6.45, 7) is 3.92. The molecule has 6 heteroatoms. The Labute approximate surface area is 158 Å². The third-order valence-corrected chi connectivity index (χ3v) is 5.04. The van der Waals surface area contributed by atoms with Gasteiger partial charge in [-0.05, 0) is 17.7 Å². The van der Waals surface area contributed by atoms with Crippen molar-refractivity contribution in [2.45, 2.75) is 19.1 Å². The molecule has 27 heavy (non-hydrogen) atoms. The van der Waals surface area contributed by atoms with Crippen LogP contribution in [0, 0.1) is 0 Å². The first-order valence-electron chi connectivity index (χ1n) is 9.29. The molecule has 6 nitrogen and oxygen atoms in total. The summed E-state index contributed by atoms with van der Waals surface area (Å²) >= 11 is 0. The predicted molar refractivity (Wildman–Crippen MR) is 102 cm³/mol. The maximum absolute atomic E-state index is 12.6. The average Bonchev–Trinajstić information content (AvgIpc) is 2.70. The van der Waals surface area contributed by atoms with Crippen LogP contribution in [0.2, 0.25) is 0 Å². The fraction of sp³-hybridized carbons (Fsp3) is 0.333. The highest BCUT2D eigenvalue weighted by molar-refractivity contribution is 5.99. The zero-order valence-corrected chi connectivity index (χ0v) is 15.1. The summed E-state index contributed by atoms with van der Waals surface area (Å²) in [7, 11) is 0. The number of rotatable bonds is 4. The Morgan fingerprint density at radius 3 is 2.48 bits per heavy atom. The molecule has 4 rings (SSSR count). The molecular weight excluding hydrogens is 342 g/mol. The maximum atomic E-state index is 12.6. The Balaban J connectivity index is 1.29. The molecule has 2 aliphatic heterocycles. The lowest BCUT2D eigenvalue weighted by atomic mass is 10.1. The lowest BCUT2D eigenvalue weighted by molar-refractivity contribution is -0.138. The minimum atomic E-state index is -0.769. The molecule has 2 aliphatic rings. The number of nitrogens with one attached hydrogen (secondary N) is 1. The molecule has 2 heterocycles. The van der Waals surface area contributed by atoms with Crippen molar-refractivity contribution < 1.29 is 14.3 Å². The molecule has 2 amide bonds. The Kier molecular flexibility index (Phi) is 5.07. The minimum Gasteiger partial charge on any atom is -0.478 e. The number of anilines is 1. The summed E-state index contributed by atoms with van der Waals surface area (Å²) in [4.78, 5) is 29.0. The molecule has 0 saturated carbocycles. The Hall–Kier alpha value is -2.86. The van der Waals surface area contributed by atoms with E-state index < -0.39 is 6.10 Å². The van der Waals surface area contributed by atoms with Crippen LogP contribution in [0.4, 0.5) is 5.69 Å². The van der Waals surface area contributed by atoms with Crippen LogP contribution in [-0.2, 0) is 16.1 Å². The highest BCUT2D eigenvalue weighted by atomic mass is 16.5. The molecule has 0 aromatic heterocycles. The topological polar surface area (TPSA) is 61.9 Å². The molecule has 0 unspecified atom stereocenters. The number of carbonyl (C=O) groups excluding carboxylic acids is 2. The van der Waals surface area contributed by atoms with Gasteiger partial charge in [0.05, 0.1) is 12.1 Å². The number of fused-ring (bicyclic) bond motifs is 1. The number of amides is 2. The van der Waals surface area contributed by atoms with Gasteiger partial charge in [0.15, 0.2) is 6.10 Å². The first-order valence-corrected chi connectivity index (χ1v) is 9.29. The van der Waals surface area contributed by atoms with Crippen LogP contribution in [0.1, 0.15) is 12.0 Å². The molecule has 140 valence electrons. The van der Waals surface area contributed by atoms with Crippen molar-refractivity contribution in [1.82, 2.24) is 9.80 Å². The summed E-state index contributed by atoms with van der Waals surface area (Å²) < 4.78 is 5.74. The van der Waals surface area contributed by atoms with Gasteiger partial charge in [0, 0.05) is 32.7 Å². The molecule has 0 spiro atoms. The second-order valence-corrected chi connectivity index (χ2v) is 6.94. The smallest absolute Gasteiger partial charge is 0.266 e. The van der Waals surface area contributed by atoms with E-state index in [9.17, 15) is 9.59 Å². The van der Waals surface area contributed by atoms with Gasteiger partial charge in [-0.1, -0.05) is 42.5 Å². The molecule has 1 saturated heterocycles. The molecule has 0 bridgehead atoms. The van der Waals surface area contributed by atoms with Crippen LogP contribution >= 0.6 is 0 Å². The van der Waals surface area contributed by atoms with E-state index in [2.05, 4.69) is 22.3 Å². The molecular formula is C21H23N3O3. The zero-order valence-electron chi connectivity index (χ0n) is 15.1. The van der Waals surface area contributed by atoms with Gasteiger partial charge < -0.3 is 15.0 Å². The Morgan fingerprint density at radius 1 is 1.00 bits per heavy atom. The number of benzene rings is 2. The van der Waals surface area contributed by atoms with Crippen molar-refractivity contribution in [3.63, 3.8) is 0 Å². The van der Waals surface area contributed by atoms with E-state index in [-0.39, 0.29) is 18.2 Å². The van der Waals surface area contributed by atoms with E-state index in [0.717, 1.165) is 19.6 Å². The predicted octanol–water partition coefficient (Wildman–Crippen LogP) is 2.12. The van der Waals surface area contributed by atoms with E-state index in [1.54, 1.807) is 12.1 Å². The van der Waals surface area contributed by atoms with Gasteiger partial charge in [-0.25, -0.2) is 0 Å². The molecule has 2 aromatic carbocycles. The van der Waals surface area contributed by atoms with Crippen LogP contribution in [0.25, 0.3) is 0 Å². The normalized spacial score (nSPS) is 19.8. The van der Waals surface area contributed by atoms with Gasteiger partial charge in [-0.3, -0.25) is 14.5 Å². The number of hydrogen-bond acceptors (Lipinski definition) is 4. The first-order chi connectivity index (χ1) is 13.2. The van der Waals surface area contributed by atoms with E-state index >= 15 is 0 Å². The average molecular weight is 365 g/mol. The van der Waals surface area contributed by atoms with Crippen molar-refractivity contribution in [3.8, 4) is 5.75 Å². The number of piperazine rings is 1. The molecule has 1 atom stereocenters. The number of ether oxygens (including phenoxy) is 1. The van der Waals surface area contributed by atoms with E-state index in [4.69, 9.17) is 4.74 Å². The third-order valence-electron chi connectivity index (χ3n) is 5.04. The fourth-order valence-electron chi connectivity index (χ4n) is 3.51. The standard InChI is InChI=1S/C21H23N3O3/c25-20(14-19-21(26)22-17-8-4-5-9-18(17)27-19)24-12-10-23(11-13-24)15-16-6-2-1-3-7-16/h1-9,19H,10-15H2,(H,22,26)/t19-/m0/s1. The largest absolute Gasteiger partial charge is 0.478 e. The van der Waals surface area contributed by atoms with Gasteiger partial charge in [0.25, 0.3) is 5.91 Å². The fourth-order valence-corrected chi connectivity index (χ4v) is 3.51. The summed E-state index contributed by atoms with van der Waals surface area (Å²) in [5, 5.41) is 2.81. The van der Waals surface area contributed by atoms with Crippen molar-refractivity contribution in [3.05, 3.63) is 60.2 Å². The van der Waals surface area contributed by atoms with Gasteiger partial charge in [0.2, 0.25) is 5.91 Å². The van der Waals surface area contributed by atoms with E-state index in [0.29, 0.717) is 24.5 Å². The van der Waals surface area contributed by atoms with Crippen LogP contribution < -0.4 is 10.1 Å². The third kappa shape index (κ3) is 4.11. The van der Waals surface area contributed by atoms with Crippen LogP contribution in [0.15, 0.2) is 54.6 Å². The number of para-hydroxylation sites is 2. The molecule has 0 radical (unpaired) electrons. The van der Waals surface area contributed by atoms with Crippen molar-refractivity contribution in [1.29, 1.82) is 0 Å². The molecule has 1 N–H and O–H groups in total. The summed E-state index contributed by atoms with van der Waals surface area (Å²) in [5.41, 5.74) is 1.93. The number of nitrogens with zero attached hydrogens (tertiary/aromatic N) is 2. The van der Waals surface area contributed by atoms with E-state index in [1.165, 1.54) is 5.56 Å². The zero-order chi connectivity index (χ0) is 18.6. The quantitative estimate of drug-likeness (QED) is 0.902. The first kappa shape index (κ1) is 17.5. The Morgan fingerprint density at radius 2 is 1.70 bits per heavy atom. The number of hydrogen-bond donors (Lipinski definition) is 1. The SMILES string of the molecule is O=C1Nc2ccccc2O[C@H]1CC(=O)N1CCN(Cc2ccccc2)CC1. The monoisotopic (exact) mass is 365 g/mol. The lowest BCUT2D eigenvalue weighted by Crippen LogP contribution is -2.50. The minimum absolute atomic E-state index is 0.0334. The van der Waals surface area contributed by atoms with Crippen molar-refractivity contribution in [2.24, 2.45) is 0 Å². The van der Waals surface area contributed by atoms with Gasteiger partial charge >= 0.3 is 0 Å². The Bertz CT molecular complexity index is 816. The van der Waals surface area contributed by atoms with Gasteiger partial charge in [0.1, 0.15) is 5.75 Å². The molecule has 1 fully saturated rings. The summed E-state index contributed by atoms with van der Waals surface area (Å²) in [5.74, 6) is 0.321. The molecule has 0 aliphatic carbocycles. The highest BCUT2D eigenvalue weighted by Gasteiger charge is 2.32.